The minimum absolute atomic E-state index is 0.0528. The number of anilines is 1. The van der Waals surface area contributed by atoms with Gasteiger partial charge < -0.3 is 14.6 Å². The summed E-state index contributed by atoms with van der Waals surface area (Å²) in [5.41, 5.74) is 1.46. The topological polar surface area (TPSA) is 67.0 Å². The highest BCUT2D eigenvalue weighted by atomic mass is 16.5. The van der Waals surface area contributed by atoms with Gasteiger partial charge in [-0.15, -0.1) is 0 Å². The molecule has 0 spiro atoms. The Bertz CT molecular complexity index is 706. The van der Waals surface area contributed by atoms with Crippen LogP contribution in [0.25, 0.3) is 6.08 Å². The molecule has 2 rings (SSSR count). The summed E-state index contributed by atoms with van der Waals surface area (Å²) in [7, 11) is 3.45. The fourth-order valence-electron chi connectivity index (χ4n) is 1.80. The van der Waals surface area contributed by atoms with Crippen LogP contribution in [0.3, 0.4) is 0 Å². The van der Waals surface area contributed by atoms with Crippen molar-refractivity contribution in [2.45, 2.75) is 0 Å². The van der Waals surface area contributed by atoms with E-state index in [4.69, 9.17) is 10.00 Å². The van der Waals surface area contributed by atoms with Gasteiger partial charge in [0.1, 0.15) is 17.4 Å². The normalized spacial score (nSPS) is 10.8. The van der Waals surface area contributed by atoms with E-state index >= 15 is 0 Å². The standard InChI is InChI=1S/C16H15N3O2/c1-19-8-7-12(11-19)9-13(10-17)16(20)18-14-3-5-15(21-2)6-4-14/h3-9,11H,1-2H3,(H,18,20)/b13-9+. The molecule has 0 aliphatic rings. The number of aryl methyl sites for hydroxylation is 1. The Balaban J connectivity index is 2.13. The van der Waals surface area contributed by atoms with Gasteiger partial charge in [-0.3, -0.25) is 4.79 Å². The summed E-state index contributed by atoms with van der Waals surface area (Å²) in [6.45, 7) is 0. The van der Waals surface area contributed by atoms with Gasteiger partial charge in [0, 0.05) is 25.1 Å². The number of aromatic nitrogens is 1. The number of hydrogen-bond donors (Lipinski definition) is 1. The van der Waals surface area contributed by atoms with Crippen LogP contribution in [0.1, 0.15) is 5.56 Å². The summed E-state index contributed by atoms with van der Waals surface area (Å²) < 4.78 is 6.89. The maximum absolute atomic E-state index is 12.1. The number of methoxy groups -OCH3 is 1. The Morgan fingerprint density at radius 1 is 1.33 bits per heavy atom. The van der Waals surface area contributed by atoms with E-state index in [0.29, 0.717) is 11.4 Å². The first-order chi connectivity index (χ1) is 10.1. The predicted molar refractivity (Wildman–Crippen MR) is 80.6 cm³/mol. The zero-order valence-electron chi connectivity index (χ0n) is 11.8. The molecule has 1 aromatic carbocycles. The average Bonchev–Trinajstić information content (AvgIpc) is 2.90. The van der Waals surface area contributed by atoms with Crippen LogP contribution in [0.2, 0.25) is 0 Å². The number of nitrogens with zero attached hydrogens (tertiary/aromatic N) is 2. The van der Waals surface area contributed by atoms with Crippen molar-refractivity contribution >= 4 is 17.7 Å². The molecule has 5 nitrogen and oxygen atoms in total. The van der Waals surface area contributed by atoms with Gasteiger partial charge in [0.2, 0.25) is 0 Å². The van der Waals surface area contributed by atoms with E-state index in [2.05, 4.69) is 5.32 Å². The molecule has 106 valence electrons. The Kier molecular flexibility index (Phi) is 4.42. The molecular weight excluding hydrogens is 266 g/mol. The van der Waals surface area contributed by atoms with Gasteiger partial charge in [-0.05, 0) is 42.0 Å². The van der Waals surface area contributed by atoms with Gasteiger partial charge in [0.15, 0.2) is 0 Å². The van der Waals surface area contributed by atoms with E-state index in [0.717, 1.165) is 5.56 Å². The summed E-state index contributed by atoms with van der Waals surface area (Å²) in [5.74, 6) is 0.264. The summed E-state index contributed by atoms with van der Waals surface area (Å²) in [6.07, 6.45) is 5.24. The predicted octanol–water partition coefficient (Wildman–Crippen LogP) is 2.58. The number of carbonyl (C=O) groups is 1. The van der Waals surface area contributed by atoms with E-state index in [1.54, 1.807) is 37.5 Å². The maximum atomic E-state index is 12.1. The van der Waals surface area contributed by atoms with Crippen LogP contribution in [0.4, 0.5) is 5.69 Å². The first kappa shape index (κ1) is 14.4. The molecule has 0 bridgehead atoms. The van der Waals surface area contributed by atoms with Gasteiger partial charge >= 0.3 is 0 Å². The van der Waals surface area contributed by atoms with Crippen LogP contribution in [0.5, 0.6) is 5.75 Å². The molecule has 0 atom stereocenters. The highest BCUT2D eigenvalue weighted by Crippen LogP contribution is 2.16. The van der Waals surface area contributed by atoms with E-state index in [9.17, 15) is 4.79 Å². The lowest BCUT2D eigenvalue weighted by Crippen LogP contribution is -2.13. The second kappa shape index (κ2) is 6.44. The third-order valence-corrected chi connectivity index (χ3v) is 2.88. The number of ether oxygens (including phenoxy) is 1. The molecule has 1 amide bonds. The van der Waals surface area contributed by atoms with Crippen molar-refractivity contribution < 1.29 is 9.53 Å². The largest absolute Gasteiger partial charge is 0.497 e. The minimum atomic E-state index is -0.438. The van der Waals surface area contributed by atoms with Crippen molar-refractivity contribution in [3.8, 4) is 11.8 Å². The third-order valence-electron chi connectivity index (χ3n) is 2.88. The van der Waals surface area contributed by atoms with Crippen molar-refractivity contribution in [1.29, 1.82) is 5.26 Å². The molecule has 1 aromatic heterocycles. The summed E-state index contributed by atoms with van der Waals surface area (Å²) in [5, 5.41) is 11.8. The van der Waals surface area contributed by atoms with E-state index in [-0.39, 0.29) is 5.57 Å². The molecule has 0 aliphatic heterocycles. The van der Waals surface area contributed by atoms with Crippen molar-refractivity contribution in [2.24, 2.45) is 7.05 Å². The summed E-state index contributed by atoms with van der Waals surface area (Å²) in [4.78, 5) is 12.1. The van der Waals surface area contributed by atoms with Crippen molar-refractivity contribution in [2.75, 3.05) is 12.4 Å². The SMILES string of the molecule is COc1ccc(NC(=O)/C(C#N)=C/c2ccn(C)c2)cc1. The molecule has 0 saturated carbocycles. The Morgan fingerprint density at radius 3 is 2.57 bits per heavy atom. The zero-order valence-corrected chi connectivity index (χ0v) is 11.8. The van der Waals surface area contributed by atoms with E-state index in [1.165, 1.54) is 0 Å². The number of hydrogen-bond acceptors (Lipinski definition) is 3. The Labute approximate surface area is 123 Å². The van der Waals surface area contributed by atoms with Gasteiger partial charge in [-0.25, -0.2) is 0 Å². The monoisotopic (exact) mass is 281 g/mol. The van der Waals surface area contributed by atoms with Crippen LogP contribution in [0, 0.1) is 11.3 Å². The van der Waals surface area contributed by atoms with Gasteiger partial charge in [0.25, 0.3) is 5.91 Å². The molecule has 0 saturated heterocycles. The third kappa shape index (κ3) is 3.74. The Hall–Kier alpha value is -3.00. The molecular formula is C16H15N3O2. The van der Waals surface area contributed by atoms with Gasteiger partial charge in [-0.2, -0.15) is 5.26 Å². The summed E-state index contributed by atoms with van der Waals surface area (Å²) in [6, 6.07) is 10.7. The number of benzene rings is 1. The van der Waals surface area contributed by atoms with Crippen molar-refractivity contribution in [3.05, 3.63) is 53.9 Å². The number of nitrogens with one attached hydrogen (secondary N) is 1. The lowest BCUT2D eigenvalue weighted by atomic mass is 10.2. The van der Waals surface area contributed by atoms with E-state index < -0.39 is 5.91 Å². The fourth-order valence-corrected chi connectivity index (χ4v) is 1.80. The van der Waals surface area contributed by atoms with Crippen LogP contribution in [0.15, 0.2) is 48.3 Å². The quantitative estimate of drug-likeness (QED) is 0.692. The fraction of sp³-hybridized carbons (Fsp3) is 0.125. The van der Waals surface area contributed by atoms with Crippen molar-refractivity contribution in [1.82, 2.24) is 4.57 Å². The second-order valence-electron chi connectivity index (χ2n) is 4.46. The second-order valence-corrected chi connectivity index (χ2v) is 4.46. The molecule has 1 N–H and O–H groups in total. The van der Waals surface area contributed by atoms with Crippen LogP contribution in [-0.4, -0.2) is 17.6 Å². The van der Waals surface area contributed by atoms with Crippen molar-refractivity contribution in [3.63, 3.8) is 0 Å². The molecule has 2 aromatic rings. The first-order valence-corrected chi connectivity index (χ1v) is 6.31. The smallest absolute Gasteiger partial charge is 0.266 e. The zero-order chi connectivity index (χ0) is 15.2. The number of nitriles is 1. The highest BCUT2D eigenvalue weighted by molar-refractivity contribution is 6.09. The molecule has 0 fully saturated rings. The molecule has 0 unspecified atom stereocenters. The molecule has 0 aliphatic carbocycles. The number of rotatable bonds is 4. The number of carbonyl (C=O) groups excluding carboxylic acids is 1. The van der Waals surface area contributed by atoms with Crippen LogP contribution >= 0.6 is 0 Å². The number of amides is 1. The molecule has 1 heterocycles. The highest BCUT2D eigenvalue weighted by Gasteiger charge is 2.09. The lowest BCUT2D eigenvalue weighted by Gasteiger charge is -2.05. The van der Waals surface area contributed by atoms with E-state index in [1.807, 2.05) is 36.1 Å². The molecule has 0 radical (unpaired) electrons. The summed E-state index contributed by atoms with van der Waals surface area (Å²) >= 11 is 0. The van der Waals surface area contributed by atoms with Gasteiger partial charge in [-0.1, -0.05) is 0 Å². The molecule has 5 heteroatoms. The minimum Gasteiger partial charge on any atom is -0.497 e. The van der Waals surface area contributed by atoms with Gasteiger partial charge in [0.05, 0.1) is 7.11 Å². The maximum Gasteiger partial charge on any atom is 0.266 e. The van der Waals surface area contributed by atoms with Crippen LogP contribution in [-0.2, 0) is 11.8 Å². The van der Waals surface area contributed by atoms with Crippen LogP contribution < -0.4 is 10.1 Å². The average molecular weight is 281 g/mol. The Morgan fingerprint density at radius 2 is 2.05 bits per heavy atom. The molecule has 21 heavy (non-hydrogen) atoms. The lowest BCUT2D eigenvalue weighted by molar-refractivity contribution is -0.112. The first-order valence-electron chi connectivity index (χ1n) is 6.31.